The van der Waals surface area contributed by atoms with E-state index >= 15 is 0 Å². The maximum Gasteiger partial charge on any atom is 0.508 e. The fourth-order valence-corrected chi connectivity index (χ4v) is 6.94. The van der Waals surface area contributed by atoms with E-state index in [2.05, 4.69) is 34.4 Å². The van der Waals surface area contributed by atoms with Crippen LogP contribution in [0.1, 0.15) is 40.2 Å². The van der Waals surface area contributed by atoms with Crippen molar-refractivity contribution < 1.29 is 53.2 Å². The van der Waals surface area contributed by atoms with Gasteiger partial charge in [0.1, 0.15) is 23.9 Å². The van der Waals surface area contributed by atoms with Crippen LogP contribution >= 0.6 is 0 Å². The molecule has 0 amide bonds. The summed E-state index contributed by atoms with van der Waals surface area (Å²) >= 11 is 0. The largest absolute Gasteiger partial charge is 0.508 e. The summed E-state index contributed by atoms with van der Waals surface area (Å²) in [5.41, 5.74) is 4.48. The molecule has 0 spiro atoms. The summed E-state index contributed by atoms with van der Waals surface area (Å²) in [5.74, 6) is 2.12. The Morgan fingerprint density at radius 2 is 1.47 bits per heavy atom. The molecule has 13 heteroatoms. The first kappa shape index (κ1) is 41.4. The Bertz CT molecular complexity index is 1990. The third kappa shape index (κ3) is 12.1. The number of para-hydroxylation sites is 1. The van der Waals surface area contributed by atoms with Crippen LogP contribution in [0.25, 0.3) is 10.8 Å². The Morgan fingerprint density at radius 1 is 0.737 bits per heavy atom. The van der Waals surface area contributed by atoms with E-state index in [1.165, 1.54) is 0 Å². The van der Waals surface area contributed by atoms with Gasteiger partial charge in [0.15, 0.2) is 0 Å². The van der Waals surface area contributed by atoms with Gasteiger partial charge in [-0.05, 0) is 58.0 Å². The summed E-state index contributed by atoms with van der Waals surface area (Å²) in [4.78, 5) is 17.4. The lowest BCUT2D eigenvalue weighted by atomic mass is 9.79. The topological polar surface area (TPSA) is 147 Å². The van der Waals surface area contributed by atoms with Gasteiger partial charge in [-0.3, -0.25) is 10.4 Å². The van der Waals surface area contributed by atoms with Crippen molar-refractivity contribution in [2.24, 2.45) is 5.92 Å². The lowest BCUT2D eigenvalue weighted by molar-refractivity contribution is -0.497. The van der Waals surface area contributed by atoms with Gasteiger partial charge in [0.05, 0.1) is 65.4 Å². The van der Waals surface area contributed by atoms with Crippen LogP contribution in [0.15, 0.2) is 109 Å². The Hall–Kier alpha value is -5.25. The zero-order valence-electron chi connectivity index (χ0n) is 32.2. The number of hydrogen-bond acceptors (Lipinski definition) is 13. The molecule has 1 aliphatic rings. The molecule has 0 radical (unpaired) electrons. The molecule has 3 N–H and O–H groups in total. The second-order valence-electron chi connectivity index (χ2n) is 13.6. The number of benzene rings is 5. The van der Waals surface area contributed by atoms with Crippen molar-refractivity contribution >= 4 is 16.9 Å². The zero-order chi connectivity index (χ0) is 39.8. The van der Waals surface area contributed by atoms with E-state index in [1.807, 2.05) is 60.7 Å². The molecule has 302 valence electrons. The molecular weight excluding hydrogens is 732 g/mol. The number of ether oxygens (including phenoxy) is 7. The highest BCUT2D eigenvalue weighted by molar-refractivity contribution is 5.89. The summed E-state index contributed by atoms with van der Waals surface area (Å²) in [6, 6.07) is 35.1. The number of hydrogen-bond donors (Lipinski definition) is 3. The van der Waals surface area contributed by atoms with E-state index in [0.717, 1.165) is 56.7 Å². The SMILES string of the molecule is COc1ccccc1COCCCOc1ccc(C2C(COC(=O)OCc3ccc(CON(O)O)cc3)CNCC2OCc2cc(OC)c3ccccc3c2)cc1. The van der Waals surface area contributed by atoms with Gasteiger partial charge < -0.3 is 38.5 Å². The van der Waals surface area contributed by atoms with Crippen LogP contribution in [0.2, 0.25) is 0 Å². The van der Waals surface area contributed by atoms with Crippen molar-refractivity contribution in [1.29, 1.82) is 0 Å². The van der Waals surface area contributed by atoms with Crippen molar-refractivity contribution in [2.75, 3.05) is 47.1 Å². The molecule has 1 aliphatic heterocycles. The van der Waals surface area contributed by atoms with Gasteiger partial charge in [-0.1, -0.05) is 78.9 Å². The van der Waals surface area contributed by atoms with Crippen LogP contribution in [0.4, 0.5) is 4.79 Å². The van der Waals surface area contributed by atoms with Gasteiger partial charge >= 0.3 is 6.16 Å². The van der Waals surface area contributed by atoms with Crippen molar-refractivity contribution in [3.8, 4) is 17.2 Å². The minimum atomic E-state index is -0.778. The van der Waals surface area contributed by atoms with Gasteiger partial charge in [-0.2, -0.15) is 0 Å². The maximum atomic E-state index is 12.8. The second kappa shape index (κ2) is 21.3. The fraction of sp³-hybridized carbons (Fsp3) is 0.341. The first-order valence-electron chi connectivity index (χ1n) is 18.9. The monoisotopic (exact) mass is 782 g/mol. The fourth-order valence-electron chi connectivity index (χ4n) is 6.94. The van der Waals surface area contributed by atoms with Gasteiger partial charge in [0.25, 0.3) is 0 Å². The summed E-state index contributed by atoms with van der Waals surface area (Å²) < 4.78 is 40.8. The number of piperidine rings is 1. The number of carbonyl (C=O) groups is 1. The van der Waals surface area contributed by atoms with E-state index in [-0.39, 0.29) is 43.2 Å². The molecule has 57 heavy (non-hydrogen) atoms. The number of fused-ring (bicyclic) bond motifs is 1. The molecule has 3 unspecified atom stereocenters. The number of nitrogens with one attached hydrogen (secondary N) is 1. The van der Waals surface area contributed by atoms with Gasteiger partial charge in [-0.15, -0.1) is 0 Å². The van der Waals surface area contributed by atoms with E-state index in [9.17, 15) is 4.79 Å². The summed E-state index contributed by atoms with van der Waals surface area (Å²) in [5, 5.41) is 22.7. The van der Waals surface area contributed by atoms with E-state index in [1.54, 1.807) is 38.5 Å². The van der Waals surface area contributed by atoms with Crippen LogP contribution in [-0.2, 0) is 50.2 Å². The quantitative estimate of drug-likeness (QED) is 0.0405. The molecule has 5 aromatic rings. The third-order valence-corrected chi connectivity index (χ3v) is 9.79. The standard InChI is InChI=1S/C44H50N2O11/c1-50-40-11-6-4-9-36(40)29-52-20-7-21-53-38-18-16-34(17-19-38)43-37(30-56-44(47)55-26-31-12-14-32(15-13-31)28-57-46(48)49)24-45-25-42(43)54-27-33-22-35-8-3-5-10-39(35)41(23-33)51-2/h3-6,8-19,22-23,37,42-43,45,48-49H,7,20-21,24-30H2,1-2H3. The van der Waals surface area contributed by atoms with Crippen LogP contribution in [-0.4, -0.2) is 75.2 Å². The van der Waals surface area contributed by atoms with Crippen molar-refractivity contribution in [2.45, 2.75) is 44.9 Å². The summed E-state index contributed by atoms with van der Waals surface area (Å²) in [6.45, 7) is 3.19. The zero-order valence-corrected chi connectivity index (χ0v) is 32.2. The lowest BCUT2D eigenvalue weighted by Crippen LogP contribution is -2.48. The highest BCUT2D eigenvalue weighted by Crippen LogP contribution is 2.35. The first-order valence-corrected chi connectivity index (χ1v) is 18.9. The van der Waals surface area contributed by atoms with Gasteiger partial charge in [0, 0.05) is 42.3 Å². The Balaban J connectivity index is 1.07. The highest BCUT2D eigenvalue weighted by atomic mass is 17.1. The highest BCUT2D eigenvalue weighted by Gasteiger charge is 2.36. The van der Waals surface area contributed by atoms with Crippen LogP contribution < -0.4 is 19.5 Å². The smallest absolute Gasteiger partial charge is 0.496 e. The Morgan fingerprint density at radius 3 is 2.25 bits per heavy atom. The molecule has 0 bridgehead atoms. The average molecular weight is 783 g/mol. The van der Waals surface area contributed by atoms with Crippen LogP contribution in [0, 0.1) is 5.92 Å². The van der Waals surface area contributed by atoms with E-state index in [4.69, 9.17) is 43.6 Å². The van der Waals surface area contributed by atoms with E-state index < -0.39 is 6.16 Å². The predicted molar refractivity (Wildman–Crippen MR) is 210 cm³/mol. The van der Waals surface area contributed by atoms with E-state index in [0.29, 0.717) is 45.1 Å². The molecule has 3 atom stereocenters. The minimum absolute atomic E-state index is 0.00869. The number of carbonyl (C=O) groups excluding carboxylic acids is 1. The first-order chi connectivity index (χ1) is 27.9. The van der Waals surface area contributed by atoms with Crippen LogP contribution in [0.3, 0.4) is 0 Å². The second-order valence-corrected chi connectivity index (χ2v) is 13.6. The van der Waals surface area contributed by atoms with Crippen LogP contribution in [0.5, 0.6) is 17.2 Å². The number of methoxy groups -OCH3 is 2. The van der Waals surface area contributed by atoms with Gasteiger partial charge in [-0.25, -0.2) is 9.63 Å². The van der Waals surface area contributed by atoms with Crippen molar-refractivity contribution in [3.63, 3.8) is 0 Å². The molecule has 0 saturated carbocycles. The summed E-state index contributed by atoms with van der Waals surface area (Å²) in [6.07, 6.45) is -0.289. The lowest BCUT2D eigenvalue weighted by Gasteiger charge is -2.38. The molecule has 1 saturated heterocycles. The number of nitrogens with zero attached hydrogens (tertiary/aromatic N) is 1. The minimum Gasteiger partial charge on any atom is -0.496 e. The molecule has 6 rings (SSSR count). The Labute approximate surface area is 332 Å². The molecule has 1 fully saturated rings. The van der Waals surface area contributed by atoms with Gasteiger partial charge in [0.2, 0.25) is 0 Å². The average Bonchev–Trinajstić information content (AvgIpc) is 3.25. The molecule has 1 heterocycles. The molecule has 0 aromatic heterocycles. The predicted octanol–water partition coefficient (Wildman–Crippen LogP) is 7.60. The Kier molecular flexibility index (Phi) is 15.5. The normalized spacial score (nSPS) is 16.7. The molecular formula is C44H50N2O11. The summed E-state index contributed by atoms with van der Waals surface area (Å²) in [7, 11) is 3.33. The molecule has 13 nitrogen and oxygen atoms in total. The van der Waals surface area contributed by atoms with Crippen molar-refractivity contribution in [1.82, 2.24) is 10.7 Å². The maximum absolute atomic E-state index is 12.8. The molecule has 0 aliphatic carbocycles. The third-order valence-electron chi connectivity index (χ3n) is 9.79. The molecule has 5 aromatic carbocycles. The number of rotatable bonds is 20. The van der Waals surface area contributed by atoms with Crippen molar-refractivity contribution in [3.05, 3.63) is 137 Å².